The molecule has 1 aromatic carbocycles. The molecular weight excluding hydrogens is 230 g/mol. The van der Waals surface area contributed by atoms with Crippen LogP contribution in [0, 0.1) is 0 Å². The second kappa shape index (κ2) is 5.98. The van der Waals surface area contributed by atoms with E-state index in [2.05, 4.69) is 5.32 Å². The summed E-state index contributed by atoms with van der Waals surface area (Å²) in [5, 5.41) is 12.8. The molecule has 0 aliphatic heterocycles. The number of hydrogen-bond acceptors (Lipinski definition) is 3. The molecule has 1 aliphatic carbocycles. The Labute approximate surface area is 107 Å². The van der Waals surface area contributed by atoms with Gasteiger partial charge in [0.2, 0.25) is 5.91 Å². The normalized spacial score (nSPS) is 21.7. The maximum Gasteiger partial charge on any atom is 0.246 e. The molecule has 1 amide bonds. The number of amides is 1. The molecule has 1 aromatic rings. The molecule has 18 heavy (non-hydrogen) atoms. The second-order valence-corrected chi connectivity index (χ2v) is 4.57. The summed E-state index contributed by atoms with van der Waals surface area (Å²) in [6.07, 6.45) is 0.941. The summed E-state index contributed by atoms with van der Waals surface area (Å²) in [6, 6.07) is 7.49. The number of hydrogen-bond donors (Lipinski definition) is 2. The van der Waals surface area contributed by atoms with E-state index in [1.807, 2.05) is 31.2 Å². The Hall–Kier alpha value is -1.39. The summed E-state index contributed by atoms with van der Waals surface area (Å²) >= 11 is 0. The van der Waals surface area contributed by atoms with Crippen molar-refractivity contribution < 1.29 is 14.6 Å². The van der Waals surface area contributed by atoms with Gasteiger partial charge in [0, 0.05) is 13.0 Å². The number of ether oxygens (including phenoxy) is 1. The smallest absolute Gasteiger partial charge is 0.246 e. The van der Waals surface area contributed by atoms with E-state index in [4.69, 9.17) is 4.74 Å². The van der Waals surface area contributed by atoms with Gasteiger partial charge in [-0.1, -0.05) is 31.2 Å². The van der Waals surface area contributed by atoms with Gasteiger partial charge in [0.25, 0.3) is 0 Å². The van der Waals surface area contributed by atoms with Gasteiger partial charge < -0.3 is 15.2 Å². The summed E-state index contributed by atoms with van der Waals surface area (Å²) in [7, 11) is 0. The van der Waals surface area contributed by atoms with Gasteiger partial charge in [-0.3, -0.25) is 4.79 Å². The first-order valence-electron chi connectivity index (χ1n) is 6.35. The molecule has 2 atom stereocenters. The van der Waals surface area contributed by atoms with Crippen LogP contribution in [0.3, 0.4) is 0 Å². The number of rotatable bonds is 5. The van der Waals surface area contributed by atoms with Gasteiger partial charge in [0.15, 0.2) is 0 Å². The molecule has 1 aliphatic rings. The Kier molecular flexibility index (Phi) is 4.33. The van der Waals surface area contributed by atoms with Crippen LogP contribution in [0.2, 0.25) is 0 Å². The van der Waals surface area contributed by atoms with Crippen molar-refractivity contribution in [1.29, 1.82) is 0 Å². The molecule has 0 spiro atoms. The Morgan fingerprint density at radius 1 is 1.50 bits per heavy atom. The van der Waals surface area contributed by atoms with E-state index in [-0.39, 0.29) is 18.6 Å². The van der Waals surface area contributed by atoms with Gasteiger partial charge in [-0.05, 0) is 17.5 Å². The van der Waals surface area contributed by atoms with Gasteiger partial charge in [-0.15, -0.1) is 0 Å². The summed E-state index contributed by atoms with van der Waals surface area (Å²) in [6.45, 7) is 2.63. The average Bonchev–Trinajstić information content (AvgIpc) is 2.67. The summed E-state index contributed by atoms with van der Waals surface area (Å²) < 4.78 is 5.18. The van der Waals surface area contributed by atoms with E-state index >= 15 is 0 Å². The molecule has 0 heterocycles. The largest absolute Gasteiger partial charge is 0.390 e. The van der Waals surface area contributed by atoms with Crippen LogP contribution in [0.1, 0.15) is 30.5 Å². The molecular formula is C14H19NO3. The monoisotopic (exact) mass is 249 g/mol. The van der Waals surface area contributed by atoms with Crippen LogP contribution in [-0.2, 0) is 16.0 Å². The molecule has 0 saturated carbocycles. The molecule has 2 rings (SSSR count). The number of aliphatic hydroxyl groups is 1. The highest BCUT2D eigenvalue weighted by Crippen LogP contribution is 2.30. The first kappa shape index (κ1) is 13.1. The Balaban J connectivity index is 1.95. The fourth-order valence-electron chi connectivity index (χ4n) is 2.27. The van der Waals surface area contributed by atoms with E-state index in [0.717, 1.165) is 17.5 Å². The van der Waals surface area contributed by atoms with Crippen molar-refractivity contribution in [1.82, 2.24) is 5.32 Å². The second-order valence-electron chi connectivity index (χ2n) is 4.57. The van der Waals surface area contributed by atoms with Crippen molar-refractivity contribution in [2.45, 2.75) is 31.9 Å². The maximum atomic E-state index is 11.7. The molecule has 4 nitrogen and oxygen atoms in total. The Morgan fingerprint density at radius 3 is 3.06 bits per heavy atom. The van der Waals surface area contributed by atoms with Crippen LogP contribution in [0.25, 0.3) is 0 Å². The van der Waals surface area contributed by atoms with Crippen LogP contribution in [0.4, 0.5) is 0 Å². The lowest BCUT2D eigenvalue weighted by atomic mass is 10.1. The SMILES string of the molecule is CCCOCC(=O)N[C@H]1c2ccccc2C[C@H]1O. The molecule has 0 fully saturated rings. The number of aliphatic hydroxyl groups excluding tert-OH is 1. The number of nitrogens with one attached hydrogen (secondary N) is 1. The molecule has 98 valence electrons. The Morgan fingerprint density at radius 2 is 2.28 bits per heavy atom. The van der Waals surface area contributed by atoms with Crippen LogP contribution < -0.4 is 5.32 Å². The first-order chi connectivity index (χ1) is 8.72. The van der Waals surface area contributed by atoms with E-state index in [1.54, 1.807) is 0 Å². The van der Waals surface area contributed by atoms with Gasteiger partial charge >= 0.3 is 0 Å². The standard InChI is InChI=1S/C14H19NO3/c1-2-7-18-9-13(17)15-14-11-6-4-3-5-10(11)8-12(14)16/h3-6,12,14,16H,2,7-9H2,1H3,(H,15,17)/t12-,14+/m1/s1. The van der Waals surface area contributed by atoms with Crippen molar-refractivity contribution >= 4 is 5.91 Å². The lowest BCUT2D eigenvalue weighted by Gasteiger charge is -2.17. The fourth-order valence-corrected chi connectivity index (χ4v) is 2.27. The highest BCUT2D eigenvalue weighted by molar-refractivity contribution is 5.78. The van der Waals surface area contributed by atoms with Crippen molar-refractivity contribution in [2.75, 3.05) is 13.2 Å². The lowest BCUT2D eigenvalue weighted by molar-refractivity contribution is -0.127. The summed E-state index contributed by atoms with van der Waals surface area (Å²) in [5.74, 6) is -0.177. The van der Waals surface area contributed by atoms with Gasteiger partial charge in [0.05, 0.1) is 12.1 Å². The molecule has 0 bridgehead atoms. The minimum atomic E-state index is -0.544. The average molecular weight is 249 g/mol. The van der Waals surface area contributed by atoms with Gasteiger partial charge in [-0.25, -0.2) is 0 Å². The topological polar surface area (TPSA) is 58.6 Å². The molecule has 0 unspecified atom stereocenters. The van der Waals surface area contributed by atoms with E-state index in [0.29, 0.717) is 13.0 Å². The Bertz CT molecular complexity index is 419. The van der Waals surface area contributed by atoms with Gasteiger partial charge in [0.1, 0.15) is 6.61 Å². The minimum Gasteiger partial charge on any atom is -0.390 e. The molecule has 0 radical (unpaired) electrons. The predicted octanol–water partition coefficient (Wildman–Crippen LogP) is 1.19. The zero-order valence-electron chi connectivity index (χ0n) is 10.6. The third-order valence-electron chi connectivity index (χ3n) is 3.10. The quantitative estimate of drug-likeness (QED) is 0.771. The molecule has 4 heteroatoms. The van der Waals surface area contributed by atoms with Crippen molar-refractivity contribution in [3.05, 3.63) is 35.4 Å². The zero-order valence-corrected chi connectivity index (χ0v) is 10.6. The van der Waals surface area contributed by atoms with Crippen LogP contribution >= 0.6 is 0 Å². The molecule has 2 N–H and O–H groups in total. The minimum absolute atomic E-state index is 0.0548. The predicted molar refractivity (Wildman–Crippen MR) is 68.1 cm³/mol. The third-order valence-corrected chi connectivity index (χ3v) is 3.10. The number of fused-ring (bicyclic) bond motifs is 1. The third kappa shape index (κ3) is 2.89. The molecule has 0 aromatic heterocycles. The van der Waals surface area contributed by atoms with E-state index < -0.39 is 6.10 Å². The summed E-state index contributed by atoms with van der Waals surface area (Å²) in [5.41, 5.74) is 2.11. The highest BCUT2D eigenvalue weighted by Gasteiger charge is 2.31. The maximum absolute atomic E-state index is 11.7. The van der Waals surface area contributed by atoms with Gasteiger partial charge in [-0.2, -0.15) is 0 Å². The van der Waals surface area contributed by atoms with Crippen molar-refractivity contribution in [2.24, 2.45) is 0 Å². The van der Waals surface area contributed by atoms with Crippen LogP contribution in [-0.4, -0.2) is 30.3 Å². The van der Waals surface area contributed by atoms with E-state index in [1.165, 1.54) is 0 Å². The van der Waals surface area contributed by atoms with Crippen molar-refractivity contribution in [3.63, 3.8) is 0 Å². The number of carbonyl (C=O) groups excluding carboxylic acids is 1. The van der Waals surface area contributed by atoms with E-state index in [9.17, 15) is 9.90 Å². The zero-order chi connectivity index (χ0) is 13.0. The van der Waals surface area contributed by atoms with Crippen LogP contribution in [0.15, 0.2) is 24.3 Å². The lowest BCUT2D eigenvalue weighted by Crippen LogP contribution is -2.36. The number of carbonyl (C=O) groups is 1. The summed E-state index contributed by atoms with van der Waals surface area (Å²) in [4.78, 5) is 11.7. The fraction of sp³-hybridized carbons (Fsp3) is 0.500. The first-order valence-corrected chi connectivity index (χ1v) is 6.35. The highest BCUT2D eigenvalue weighted by atomic mass is 16.5. The number of benzene rings is 1. The van der Waals surface area contributed by atoms with Crippen LogP contribution in [0.5, 0.6) is 0 Å². The van der Waals surface area contributed by atoms with Crippen molar-refractivity contribution in [3.8, 4) is 0 Å². The molecule has 0 saturated heterocycles.